The number of hydrogen-bond donors (Lipinski definition) is 2. The number of guanidine groups is 1. The van der Waals surface area contributed by atoms with Crippen molar-refractivity contribution in [3.05, 3.63) is 35.1 Å². The molecule has 1 aromatic carbocycles. The molecule has 1 aromatic rings. The van der Waals surface area contributed by atoms with Gasteiger partial charge in [-0.1, -0.05) is 12.8 Å². The lowest BCUT2D eigenvalue weighted by atomic mass is 9.60. The van der Waals surface area contributed by atoms with Crippen molar-refractivity contribution in [1.82, 2.24) is 10.6 Å². The van der Waals surface area contributed by atoms with Gasteiger partial charge in [0, 0.05) is 37.2 Å². The third-order valence-corrected chi connectivity index (χ3v) is 5.84. The number of nitrogens with zero attached hydrogens (tertiary/aromatic N) is 2. The largest absolute Gasteiger partial charge is 0.378 e. The number of hydrogen-bond acceptors (Lipinski definition) is 3. The second-order valence-corrected chi connectivity index (χ2v) is 7.16. The van der Waals surface area contributed by atoms with Gasteiger partial charge in [0.1, 0.15) is 5.82 Å². The van der Waals surface area contributed by atoms with E-state index in [-0.39, 0.29) is 41.8 Å². The highest BCUT2D eigenvalue weighted by molar-refractivity contribution is 14.0. The van der Waals surface area contributed by atoms with Crippen molar-refractivity contribution < 1.29 is 9.13 Å². The zero-order valence-electron chi connectivity index (χ0n) is 15.9. The summed E-state index contributed by atoms with van der Waals surface area (Å²) in [6.07, 6.45) is 6.18. The lowest BCUT2D eigenvalue weighted by molar-refractivity contribution is -0.125. The summed E-state index contributed by atoms with van der Waals surface area (Å²) >= 11 is 0. The standard InChI is InChI=1S/C20H27FN4O.HI/c1-3-26-18-11-17(20(18)8-4-5-9-20)25-19(23-2)24-13-15-10-14(12-22)6-7-16(15)21;/h6-7,10,17-18H,3-5,8-9,11,13H2,1-2H3,(H2,23,24,25);1H. The summed E-state index contributed by atoms with van der Waals surface area (Å²) in [5.74, 6) is 0.345. The summed E-state index contributed by atoms with van der Waals surface area (Å²) in [4.78, 5) is 4.29. The van der Waals surface area contributed by atoms with Crippen LogP contribution in [0.5, 0.6) is 0 Å². The Balaban J connectivity index is 0.00000261. The Bertz CT molecular complexity index is 712. The first-order valence-electron chi connectivity index (χ1n) is 9.40. The molecule has 0 amide bonds. The first kappa shape index (κ1) is 21.9. The third kappa shape index (κ3) is 4.54. The quantitative estimate of drug-likeness (QED) is 0.378. The highest BCUT2D eigenvalue weighted by Crippen LogP contribution is 2.54. The van der Waals surface area contributed by atoms with E-state index in [0.717, 1.165) is 13.0 Å². The topological polar surface area (TPSA) is 69.4 Å². The average molecular weight is 486 g/mol. The van der Waals surface area contributed by atoms with Crippen LogP contribution in [0.1, 0.15) is 50.2 Å². The van der Waals surface area contributed by atoms with Crippen molar-refractivity contribution >= 4 is 29.9 Å². The van der Waals surface area contributed by atoms with E-state index >= 15 is 0 Å². The molecular formula is C20H28FIN4O. The van der Waals surface area contributed by atoms with Gasteiger partial charge < -0.3 is 15.4 Å². The van der Waals surface area contributed by atoms with Gasteiger partial charge in [-0.05, 0) is 44.4 Å². The number of ether oxygens (including phenoxy) is 1. The summed E-state index contributed by atoms with van der Waals surface area (Å²) in [5, 5.41) is 15.7. The fourth-order valence-electron chi connectivity index (χ4n) is 4.41. The van der Waals surface area contributed by atoms with Crippen LogP contribution in [-0.4, -0.2) is 31.8 Å². The van der Waals surface area contributed by atoms with Gasteiger partial charge in [0.05, 0.1) is 17.7 Å². The molecule has 2 fully saturated rings. The molecule has 5 nitrogen and oxygen atoms in total. The van der Waals surface area contributed by atoms with E-state index in [9.17, 15) is 4.39 Å². The van der Waals surface area contributed by atoms with Crippen molar-refractivity contribution in [2.24, 2.45) is 10.4 Å². The van der Waals surface area contributed by atoms with Gasteiger partial charge in [-0.25, -0.2) is 4.39 Å². The van der Waals surface area contributed by atoms with Gasteiger partial charge in [-0.2, -0.15) is 5.26 Å². The highest BCUT2D eigenvalue weighted by Gasteiger charge is 2.56. The van der Waals surface area contributed by atoms with Crippen LogP contribution in [0.25, 0.3) is 0 Å². The van der Waals surface area contributed by atoms with Crippen molar-refractivity contribution in [3.63, 3.8) is 0 Å². The molecular weight excluding hydrogens is 458 g/mol. The maximum absolute atomic E-state index is 14.0. The molecule has 2 saturated carbocycles. The molecule has 0 heterocycles. The van der Waals surface area contributed by atoms with Crippen molar-refractivity contribution in [2.75, 3.05) is 13.7 Å². The van der Waals surface area contributed by atoms with E-state index in [1.165, 1.54) is 37.8 Å². The normalized spacial score (nSPS) is 23.3. The van der Waals surface area contributed by atoms with Crippen LogP contribution >= 0.6 is 24.0 Å². The first-order valence-corrected chi connectivity index (χ1v) is 9.40. The summed E-state index contributed by atoms with van der Waals surface area (Å²) in [6.45, 7) is 3.09. The Morgan fingerprint density at radius 1 is 1.41 bits per heavy atom. The molecule has 27 heavy (non-hydrogen) atoms. The van der Waals surface area contributed by atoms with Gasteiger partial charge in [0.15, 0.2) is 5.96 Å². The van der Waals surface area contributed by atoms with Crippen LogP contribution in [-0.2, 0) is 11.3 Å². The Morgan fingerprint density at radius 2 is 2.15 bits per heavy atom. The molecule has 0 bridgehead atoms. The highest BCUT2D eigenvalue weighted by atomic mass is 127. The molecule has 2 unspecified atom stereocenters. The fraction of sp³-hybridized carbons (Fsp3) is 0.600. The van der Waals surface area contributed by atoms with Crippen LogP contribution < -0.4 is 10.6 Å². The Hall–Kier alpha value is -1.40. The second-order valence-electron chi connectivity index (χ2n) is 7.16. The Kier molecular flexibility index (Phi) is 7.86. The second kappa shape index (κ2) is 9.69. The van der Waals surface area contributed by atoms with Gasteiger partial charge in [0.25, 0.3) is 0 Å². The summed E-state index contributed by atoms with van der Waals surface area (Å²) in [5.41, 5.74) is 1.12. The van der Waals surface area contributed by atoms with Crippen LogP contribution in [0.3, 0.4) is 0 Å². The maximum Gasteiger partial charge on any atom is 0.191 e. The molecule has 2 aliphatic carbocycles. The zero-order valence-corrected chi connectivity index (χ0v) is 18.3. The van der Waals surface area contributed by atoms with Gasteiger partial charge in [-0.15, -0.1) is 24.0 Å². The number of nitrogens with one attached hydrogen (secondary N) is 2. The molecule has 0 radical (unpaired) electrons. The predicted octanol–water partition coefficient (Wildman–Crippen LogP) is 3.72. The number of aliphatic imine (C=N–C) groups is 1. The molecule has 148 valence electrons. The third-order valence-electron chi connectivity index (χ3n) is 5.84. The van der Waals surface area contributed by atoms with E-state index in [1.54, 1.807) is 13.1 Å². The van der Waals surface area contributed by atoms with Crippen LogP contribution in [0.4, 0.5) is 4.39 Å². The summed E-state index contributed by atoms with van der Waals surface area (Å²) < 4.78 is 19.9. The molecule has 2 N–H and O–H groups in total. The van der Waals surface area contributed by atoms with E-state index < -0.39 is 0 Å². The molecule has 0 aromatic heterocycles. The number of nitriles is 1. The van der Waals surface area contributed by atoms with E-state index in [4.69, 9.17) is 10.00 Å². The molecule has 1 spiro atoms. The molecule has 2 aliphatic rings. The first-order chi connectivity index (χ1) is 12.6. The van der Waals surface area contributed by atoms with Crippen molar-refractivity contribution in [2.45, 2.75) is 57.7 Å². The molecule has 7 heteroatoms. The minimum atomic E-state index is -0.320. The van der Waals surface area contributed by atoms with Gasteiger partial charge >= 0.3 is 0 Å². The lowest BCUT2D eigenvalue weighted by Crippen LogP contribution is -2.65. The van der Waals surface area contributed by atoms with Crippen LogP contribution in [0, 0.1) is 22.6 Å². The summed E-state index contributed by atoms with van der Waals surface area (Å²) in [7, 11) is 1.72. The molecule has 2 atom stereocenters. The van der Waals surface area contributed by atoms with E-state index in [1.807, 2.05) is 13.0 Å². The van der Waals surface area contributed by atoms with Crippen LogP contribution in [0.15, 0.2) is 23.2 Å². The van der Waals surface area contributed by atoms with Crippen molar-refractivity contribution in [3.8, 4) is 6.07 Å². The number of benzene rings is 1. The van der Waals surface area contributed by atoms with Gasteiger partial charge in [0.2, 0.25) is 0 Å². The predicted molar refractivity (Wildman–Crippen MR) is 115 cm³/mol. The van der Waals surface area contributed by atoms with Crippen molar-refractivity contribution in [1.29, 1.82) is 5.26 Å². The Morgan fingerprint density at radius 3 is 2.78 bits per heavy atom. The fourth-order valence-corrected chi connectivity index (χ4v) is 4.41. The SMILES string of the molecule is CCOC1CC(NC(=NC)NCc2cc(C#N)ccc2F)C12CCCC2.I. The van der Waals surface area contributed by atoms with E-state index in [2.05, 4.69) is 15.6 Å². The monoisotopic (exact) mass is 486 g/mol. The lowest BCUT2D eigenvalue weighted by Gasteiger charge is -2.54. The Labute approximate surface area is 177 Å². The smallest absolute Gasteiger partial charge is 0.191 e. The molecule has 0 aliphatic heterocycles. The van der Waals surface area contributed by atoms with Crippen LogP contribution in [0.2, 0.25) is 0 Å². The zero-order chi connectivity index (χ0) is 18.6. The van der Waals surface area contributed by atoms with Gasteiger partial charge in [-0.3, -0.25) is 4.99 Å². The summed E-state index contributed by atoms with van der Waals surface area (Å²) in [6, 6.07) is 6.77. The number of rotatable bonds is 5. The maximum atomic E-state index is 14.0. The number of halogens is 2. The van der Waals surface area contributed by atoms with E-state index in [0.29, 0.717) is 29.2 Å². The molecule has 0 saturated heterocycles. The minimum Gasteiger partial charge on any atom is -0.378 e. The minimum absolute atomic E-state index is 0. The molecule has 3 rings (SSSR count). The average Bonchev–Trinajstić information content (AvgIpc) is 3.17.